The molecule has 0 atom stereocenters. The van der Waals surface area contributed by atoms with Crippen LogP contribution < -0.4 is 4.74 Å². The Morgan fingerprint density at radius 1 is 1.17 bits per heavy atom. The van der Waals surface area contributed by atoms with Crippen LogP contribution in [0.3, 0.4) is 0 Å². The minimum Gasteiger partial charge on any atom is -0.497 e. The molecule has 7 heteroatoms. The Hall–Kier alpha value is -2.67. The smallest absolute Gasteiger partial charge is 0.228 e. The number of methoxy groups -OCH3 is 1. The summed E-state index contributed by atoms with van der Waals surface area (Å²) in [7, 11) is -2.04. The molecule has 1 heterocycles. The Balaban J connectivity index is 2.07. The van der Waals surface area contributed by atoms with E-state index in [0.29, 0.717) is 22.3 Å². The number of carbonyl (C=O) groups is 1. The highest BCUT2D eigenvalue weighted by Gasteiger charge is 2.21. The summed E-state index contributed by atoms with van der Waals surface area (Å²) in [5.74, 6) is 0.349. The summed E-state index contributed by atoms with van der Waals surface area (Å²) in [6.45, 7) is -0.115. The largest absolute Gasteiger partial charge is 0.497 e. The van der Waals surface area contributed by atoms with E-state index in [0.717, 1.165) is 6.26 Å². The van der Waals surface area contributed by atoms with Crippen LogP contribution in [0.1, 0.15) is 10.4 Å². The van der Waals surface area contributed by atoms with Gasteiger partial charge in [-0.15, -0.1) is 0 Å². The molecular formula is C17H16N2O4S. The summed E-state index contributed by atoms with van der Waals surface area (Å²) in [6, 6.07) is 13.8. The van der Waals surface area contributed by atoms with Gasteiger partial charge in [-0.3, -0.25) is 4.79 Å². The fourth-order valence-electron chi connectivity index (χ4n) is 2.52. The van der Waals surface area contributed by atoms with Crippen LogP contribution in [-0.4, -0.2) is 37.1 Å². The van der Waals surface area contributed by atoms with Gasteiger partial charge in [0.15, 0.2) is 5.78 Å². The Bertz CT molecular complexity index is 1020. The molecule has 6 nitrogen and oxygen atoms in total. The summed E-state index contributed by atoms with van der Waals surface area (Å²) in [5, 5.41) is -0.111. The van der Waals surface area contributed by atoms with Crippen molar-refractivity contribution in [2.24, 2.45) is 0 Å². The van der Waals surface area contributed by atoms with Crippen molar-refractivity contribution >= 4 is 26.7 Å². The number of imidazole rings is 1. The third-order valence-electron chi connectivity index (χ3n) is 3.64. The normalized spacial score (nSPS) is 11.6. The number of para-hydroxylation sites is 2. The molecular weight excluding hydrogens is 328 g/mol. The highest BCUT2D eigenvalue weighted by Crippen LogP contribution is 2.21. The van der Waals surface area contributed by atoms with Crippen LogP contribution in [0.15, 0.2) is 53.7 Å². The number of fused-ring (bicyclic) bond motifs is 1. The lowest BCUT2D eigenvalue weighted by Crippen LogP contribution is -2.15. The molecule has 0 N–H and O–H groups in total. The van der Waals surface area contributed by atoms with Crippen molar-refractivity contribution in [3.05, 3.63) is 54.1 Å². The van der Waals surface area contributed by atoms with E-state index < -0.39 is 9.84 Å². The molecule has 24 heavy (non-hydrogen) atoms. The van der Waals surface area contributed by atoms with Crippen molar-refractivity contribution in [2.45, 2.75) is 11.7 Å². The Morgan fingerprint density at radius 3 is 2.62 bits per heavy atom. The zero-order chi connectivity index (χ0) is 17.3. The lowest BCUT2D eigenvalue weighted by Gasteiger charge is -2.08. The zero-order valence-corrected chi connectivity index (χ0v) is 14.1. The van der Waals surface area contributed by atoms with E-state index in [-0.39, 0.29) is 17.5 Å². The van der Waals surface area contributed by atoms with Crippen LogP contribution >= 0.6 is 0 Å². The second kappa shape index (κ2) is 6.09. The molecule has 0 unspecified atom stereocenters. The quantitative estimate of drug-likeness (QED) is 0.664. The molecule has 3 rings (SSSR count). The number of nitrogens with zero attached hydrogens (tertiary/aromatic N) is 2. The summed E-state index contributed by atoms with van der Waals surface area (Å²) in [4.78, 5) is 16.8. The lowest BCUT2D eigenvalue weighted by atomic mass is 10.1. The number of hydrogen-bond donors (Lipinski definition) is 0. The number of aromatic nitrogens is 2. The van der Waals surface area contributed by atoms with Crippen molar-refractivity contribution in [3.8, 4) is 5.75 Å². The summed E-state index contributed by atoms with van der Waals surface area (Å²) in [5.41, 5.74) is 1.59. The highest BCUT2D eigenvalue weighted by molar-refractivity contribution is 7.90. The van der Waals surface area contributed by atoms with Gasteiger partial charge in [0.2, 0.25) is 15.0 Å². The number of hydrogen-bond acceptors (Lipinski definition) is 5. The van der Waals surface area contributed by atoms with Gasteiger partial charge in [0.1, 0.15) is 5.75 Å². The molecule has 0 amide bonds. The van der Waals surface area contributed by atoms with Gasteiger partial charge in [-0.05, 0) is 24.3 Å². The predicted molar refractivity (Wildman–Crippen MR) is 90.2 cm³/mol. The molecule has 3 aromatic rings. The standard InChI is InChI=1S/C17H16N2O4S/c1-23-13-7-5-6-12(10-13)16(20)11-19-15-9-4-3-8-14(15)18-17(19)24(2,21)22/h3-10H,11H2,1-2H3. The first-order chi connectivity index (χ1) is 11.4. The number of rotatable bonds is 5. The molecule has 0 aliphatic heterocycles. The molecule has 1 aromatic heterocycles. The highest BCUT2D eigenvalue weighted by atomic mass is 32.2. The van der Waals surface area contributed by atoms with Crippen LogP contribution in [0.25, 0.3) is 11.0 Å². The van der Waals surface area contributed by atoms with Crippen molar-refractivity contribution in [1.29, 1.82) is 0 Å². The van der Waals surface area contributed by atoms with Gasteiger partial charge in [0.05, 0.1) is 24.7 Å². The summed E-state index contributed by atoms with van der Waals surface area (Å²) in [6.07, 6.45) is 1.08. The molecule has 0 aliphatic carbocycles. The van der Waals surface area contributed by atoms with E-state index in [4.69, 9.17) is 4.74 Å². The van der Waals surface area contributed by atoms with E-state index >= 15 is 0 Å². The molecule has 0 spiro atoms. The molecule has 124 valence electrons. The van der Waals surface area contributed by atoms with Crippen molar-refractivity contribution < 1.29 is 17.9 Å². The summed E-state index contributed by atoms with van der Waals surface area (Å²) >= 11 is 0. The monoisotopic (exact) mass is 344 g/mol. The second-order valence-electron chi connectivity index (χ2n) is 5.40. The number of sulfone groups is 1. The van der Waals surface area contributed by atoms with E-state index in [9.17, 15) is 13.2 Å². The summed E-state index contributed by atoms with van der Waals surface area (Å²) < 4.78 is 30.6. The third-order valence-corrected chi connectivity index (χ3v) is 4.62. The van der Waals surface area contributed by atoms with E-state index in [1.165, 1.54) is 11.7 Å². The SMILES string of the molecule is COc1cccc(C(=O)Cn2c(S(C)(=O)=O)nc3ccccc32)c1. The second-order valence-corrected chi connectivity index (χ2v) is 7.31. The first kappa shape index (κ1) is 16.2. The topological polar surface area (TPSA) is 78.3 Å². The van der Waals surface area contributed by atoms with Crippen LogP contribution in [-0.2, 0) is 16.4 Å². The average molecular weight is 344 g/mol. The molecule has 0 radical (unpaired) electrons. The average Bonchev–Trinajstić information content (AvgIpc) is 2.94. The van der Waals surface area contributed by atoms with E-state index in [1.807, 2.05) is 0 Å². The molecule has 0 saturated heterocycles. The minimum atomic E-state index is -3.56. The van der Waals surface area contributed by atoms with Gasteiger partial charge in [-0.1, -0.05) is 24.3 Å². The van der Waals surface area contributed by atoms with Crippen LogP contribution in [0.2, 0.25) is 0 Å². The van der Waals surface area contributed by atoms with Gasteiger partial charge in [-0.2, -0.15) is 0 Å². The maximum Gasteiger partial charge on any atom is 0.228 e. The number of ether oxygens (including phenoxy) is 1. The van der Waals surface area contributed by atoms with Crippen LogP contribution in [0.5, 0.6) is 5.75 Å². The van der Waals surface area contributed by atoms with Gasteiger partial charge < -0.3 is 9.30 Å². The van der Waals surface area contributed by atoms with Crippen molar-refractivity contribution in [1.82, 2.24) is 9.55 Å². The van der Waals surface area contributed by atoms with Crippen LogP contribution in [0.4, 0.5) is 0 Å². The molecule has 0 saturated carbocycles. The first-order valence-electron chi connectivity index (χ1n) is 7.23. The Labute approximate surface area is 139 Å². The fourth-order valence-corrected chi connectivity index (χ4v) is 3.35. The maximum absolute atomic E-state index is 12.6. The molecule has 0 aliphatic rings. The minimum absolute atomic E-state index is 0.111. The van der Waals surface area contributed by atoms with E-state index in [1.54, 1.807) is 48.5 Å². The predicted octanol–water partition coefficient (Wildman–Crippen LogP) is 2.33. The number of benzene rings is 2. The Kier molecular flexibility index (Phi) is 4.11. The fraction of sp³-hybridized carbons (Fsp3) is 0.176. The molecule has 2 aromatic carbocycles. The van der Waals surface area contributed by atoms with Gasteiger partial charge >= 0.3 is 0 Å². The Morgan fingerprint density at radius 2 is 1.92 bits per heavy atom. The van der Waals surface area contributed by atoms with Gasteiger partial charge in [0, 0.05) is 11.8 Å². The maximum atomic E-state index is 12.6. The molecule has 0 bridgehead atoms. The first-order valence-corrected chi connectivity index (χ1v) is 9.12. The van der Waals surface area contributed by atoms with Crippen molar-refractivity contribution in [2.75, 3.05) is 13.4 Å². The van der Waals surface area contributed by atoms with Gasteiger partial charge in [0.25, 0.3) is 0 Å². The van der Waals surface area contributed by atoms with Gasteiger partial charge in [-0.25, -0.2) is 13.4 Å². The third kappa shape index (κ3) is 3.03. The van der Waals surface area contributed by atoms with Crippen LogP contribution in [0, 0.1) is 0 Å². The number of ketones is 1. The number of Topliss-reactive ketones (excluding diaryl/α,β-unsaturated/α-hetero) is 1. The van der Waals surface area contributed by atoms with E-state index in [2.05, 4.69) is 4.98 Å². The lowest BCUT2D eigenvalue weighted by molar-refractivity contribution is 0.0970. The zero-order valence-electron chi connectivity index (χ0n) is 13.3. The molecule has 0 fully saturated rings. The number of carbonyl (C=O) groups excluding carboxylic acids is 1. The van der Waals surface area contributed by atoms with Crippen molar-refractivity contribution in [3.63, 3.8) is 0 Å².